The van der Waals surface area contributed by atoms with Crippen LogP contribution in [0.3, 0.4) is 0 Å². The van der Waals surface area contributed by atoms with Crippen molar-refractivity contribution in [3.05, 3.63) is 11.6 Å². The van der Waals surface area contributed by atoms with E-state index in [2.05, 4.69) is 10.4 Å². The average molecular weight is 303 g/mol. The van der Waals surface area contributed by atoms with Gasteiger partial charge in [0.05, 0.1) is 0 Å². The van der Waals surface area contributed by atoms with Gasteiger partial charge in [-0.2, -0.15) is 9.29 Å². The van der Waals surface area contributed by atoms with Crippen LogP contribution in [0.2, 0.25) is 0 Å². The van der Waals surface area contributed by atoms with Crippen molar-refractivity contribution in [3.63, 3.8) is 0 Å². The fraction of sp³-hybridized carbons (Fsp3) is 0.500. The summed E-state index contributed by atoms with van der Waals surface area (Å²) in [5, 5.41) is 1.86. The third-order valence-corrected chi connectivity index (χ3v) is 5.94. The van der Waals surface area contributed by atoms with Crippen LogP contribution < -0.4 is 11.3 Å². The van der Waals surface area contributed by atoms with Gasteiger partial charge in [-0.05, 0) is 13.3 Å². The van der Waals surface area contributed by atoms with Gasteiger partial charge in [0, 0.05) is 24.7 Å². The molecule has 2 aromatic heterocycles. The molecular formula is C10H17N5O2S2. The van der Waals surface area contributed by atoms with Crippen LogP contribution in [0, 0.1) is 0 Å². The summed E-state index contributed by atoms with van der Waals surface area (Å²) in [6, 6.07) is -0.0974. The molecule has 0 spiro atoms. The summed E-state index contributed by atoms with van der Waals surface area (Å²) in [4.78, 5) is 4.75. The predicted molar refractivity (Wildman–Crippen MR) is 75.6 cm³/mol. The molecule has 0 radical (unpaired) electrons. The van der Waals surface area contributed by atoms with Crippen LogP contribution in [0.5, 0.6) is 0 Å². The van der Waals surface area contributed by atoms with Crippen molar-refractivity contribution in [2.45, 2.75) is 31.3 Å². The molecule has 0 aliphatic heterocycles. The minimum absolute atomic E-state index is 0.0778. The number of nitrogens with two attached hydrogens (primary N) is 1. The number of sulfonamides is 1. The Balaban J connectivity index is 2.62. The summed E-state index contributed by atoms with van der Waals surface area (Å²) < 4.78 is 28.2. The van der Waals surface area contributed by atoms with Crippen LogP contribution in [0.4, 0.5) is 5.82 Å². The Kier molecular flexibility index (Phi) is 3.81. The average Bonchev–Trinajstić information content (AvgIpc) is 2.95. The zero-order valence-corrected chi connectivity index (χ0v) is 12.6. The van der Waals surface area contributed by atoms with Gasteiger partial charge in [0.1, 0.15) is 0 Å². The van der Waals surface area contributed by atoms with E-state index in [0.717, 1.165) is 6.42 Å². The number of imidazole rings is 1. The van der Waals surface area contributed by atoms with Crippen LogP contribution in [-0.2, 0) is 10.0 Å². The molecule has 2 heterocycles. The molecule has 0 fully saturated rings. The number of hydrogen-bond acceptors (Lipinski definition) is 6. The van der Waals surface area contributed by atoms with Gasteiger partial charge in [-0.3, -0.25) is 4.40 Å². The molecule has 19 heavy (non-hydrogen) atoms. The third kappa shape index (κ3) is 2.22. The second-order valence-electron chi connectivity index (χ2n) is 4.24. The van der Waals surface area contributed by atoms with E-state index < -0.39 is 10.0 Å². The van der Waals surface area contributed by atoms with Gasteiger partial charge in [-0.15, -0.1) is 11.3 Å². The second-order valence-corrected chi connectivity index (χ2v) is 7.03. The third-order valence-electron chi connectivity index (χ3n) is 3.19. The SMILES string of the molecule is CCC(C)N(C)S(=O)(=O)c1c(NN)nc2sccn12. The first kappa shape index (κ1) is 14.3. The van der Waals surface area contributed by atoms with Crippen LogP contribution in [0.15, 0.2) is 16.6 Å². The number of hydrogen-bond donors (Lipinski definition) is 2. The highest BCUT2D eigenvalue weighted by molar-refractivity contribution is 7.89. The lowest BCUT2D eigenvalue weighted by molar-refractivity contribution is 0.379. The Hall–Kier alpha value is -1.16. The van der Waals surface area contributed by atoms with Crippen LogP contribution in [0.25, 0.3) is 4.96 Å². The van der Waals surface area contributed by atoms with Crippen molar-refractivity contribution in [2.24, 2.45) is 5.84 Å². The highest BCUT2D eigenvalue weighted by Gasteiger charge is 2.31. The van der Waals surface area contributed by atoms with Gasteiger partial charge in [-0.25, -0.2) is 14.3 Å². The first-order chi connectivity index (χ1) is 8.93. The number of fused-ring (bicyclic) bond motifs is 1. The maximum Gasteiger partial charge on any atom is 0.262 e. The first-order valence-corrected chi connectivity index (χ1v) is 8.15. The predicted octanol–water partition coefficient (Wildman–Crippen LogP) is 1.10. The molecule has 0 bridgehead atoms. The Morgan fingerprint density at radius 2 is 2.32 bits per heavy atom. The van der Waals surface area contributed by atoms with Gasteiger partial charge < -0.3 is 5.43 Å². The Bertz CT molecular complexity index is 675. The summed E-state index contributed by atoms with van der Waals surface area (Å²) in [6.07, 6.45) is 2.40. The van der Waals surface area contributed by atoms with Crippen molar-refractivity contribution < 1.29 is 8.42 Å². The van der Waals surface area contributed by atoms with E-state index in [1.54, 1.807) is 18.6 Å². The molecule has 0 aliphatic carbocycles. The maximum absolute atomic E-state index is 12.7. The summed E-state index contributed by atoms with van der Waals surface area (Å²) in [7, 11) is -2.08. The minimum Gasteiger partial charge on any atom is -0.306 e. The zero-order valence-electron chi connectivity index (χ0n) is 11.0. The van der Waals surface area contributed by atoms with Crippen LogP contribution in [0.1, 0.15) is 20.3 Å². The molecule has 2 rings (SSSR count). The molecule has 0 saturated heterocycles. The maximum atomic E-state index is 12.7. The van der Waals surface area contributed by atoms with Crippen molar-refractivity contribution in [3.8, 4) is 0 Å². The summed E-state index contributed by atoms with van der Waals surface area (Å²) in [5.41, 5.74) is 2.36. The van der Waals surface area contributed by atoms with E-state index in [1.807, 2.05) is 13.8 Å². The summed E-state index contributed by atoms with van der Waals surface area (Å²) in [6.45, 7) is 3.80. The van der Waals surface area contributed by atoms with E-state index in [4.69, 9.17) is 5.84 Å². The number of nitrogen functional groups attached to an aromatic ring is 1. The molecule has 0 aromatic carbocycles. The monoisotopic (exact) mass is 303 g/mol. The fourth-order valence-electron chi connectivity index (χ4n) is 1.74. The molecule has 3 N–H and O–H groups in total. The molecule has 1 atom stereocenters. The minimum atomic E-state index is -3.65. The number of nitrogens with zero attached hydrogens (tertiary/aromatic N) is 3. The number of hydrazine groups is 1. The first-order valence-electron chi connectivity index (χ1n) is 5.83. The lowest BCUT2D eigenvalue weighted by Gasteiger charge is -2.23. The molecule has 9 heteroatoms. The topological polar surface area (TPSA) is 92.7 Å². The molecule has 1 unspecified atom stereocenters. The Morgan fingerprint density at radius 1 is 1.63 bits per heavy atom. The largest absolute Gasteiger partial charge is 0.306 e. The van der Waals surface area contributed by atoms with E-state index in [0.29, 0.717) is 4.96 Å². The Morgan fingerprint density at radius 3 is 2.89 bits per heavy atom. The van der Waals surface area contributed by atoms with Crippen molar-refractivity contribution >= 4 is 32.1 Å². The number of anilines is 1. The van der Waals surface area contributed by atoms with Gasteiger partial charge in [0.15, 0.2) is 10.8 Å². The number of rotatable bonds is 5. The van der Waals surface area contributed by atoms with Gasteiger partial charge in [-0.1, -0.05) is 6.92 Å². The van der Waals surface area contributed by atoms with E-state index in [-0.39, 0.29) is 16.9 Å². The molecule has 2 aromatic rings. The normalized spacial score (nSPS) is 14.2. The zero-order chi connectivity index (χ0) is 14.2. The number of thiazole rings is 1. The smallest absolute Gasteiger partial charge is 0.262 e. The number of nitrogens with one attached hydrogen (secondary N) is 1. The highest BCUT2D eigenvalue weighted by atomic mass is 32.2. The molecular weight excluding hydrogens is 286 g/mol. The van der Waals surface area contributed by atoms with E-state index in [9.17, 15) is 8.42 Å². The summed E-state index contributed by atoms with van der Waals surface area (Å²) in [5.74, 6) is 5.54. The highest BCUT2D eigenvalue weighted by Crippen LogP contribution is 2.28. The lowest BCUT2D eigenvalue weighted by Crippen LogP contribution is -2.35. The van der Waals surface area contributed by atoms with Crippen molar-refractivity contribution in [1.82, 2.24) is 13.7 Å². The van der Waals surface area contributed by atoms with Gasteiger partial charge >= 0.3 is 0 Å². The molecule has 0 amide bonds. The molecule has 7 nitrogen and oxygen atoms in total. The van der Waals surface area contributed by atoms with Crippen LogP contribution in [-0.4, -0.2) is 35.2 Å². The Labute approximate surface area is 116 Å². The van der Waals surface area contributed by atoms with E-state index >= 15 is 0 Å². The van der Waals surface area contributed by atoms with Crippen molar-refractivity contribution in [1.29, 1.82) is 0 Å². The summed E-state index contributed by atoms with van der Waals surface area (Å²) >= 11 is 1.35. The number of aromatic nitrogens is 2. The fourth-order valence-corrected chi connectivity index (χ4v) is 4.15. The van der Waals surface area contributed by atoms with Crippen molar-refractivity contribution in [2.75, 3.05) is 12.5 Å². The lowest BCUT2D eigenvalue weighted by atomic mass is 10.3. The second kappa shape index (κ2) is 5.08. The quantitative estimate of drug-likeness (QED) is 0.637. The molecule has 0 aliphatic rings. The van der Waals surface area contributed by atoms with Crippen LogP contribution >= 0.6 is 11.3 Å². The standard InChI is InChI=1S/C10H17N5O2S2/c1-4-7(2)14(3)19(16,17)9-8(13-11)12-10-15(9)5-6-18-10/h5-7,13H,4,11H2,1-3H3. The van der Waals surface area contributed by atoms with Gasteiger partial charge in [0.25, 0.3) is 10.0 Å². The molecule has 0 saturated carbocycles. The molecule has 106 valence electrons. The van der Waals surface area contributed by atoms with Gasteiger partial charge in [0.2, 0.25) is 5.03 Å². The van der Waals surface area contributed by atoms with E-state index in [1.165, 1.54) is 20.0 Å².